The smallest absolute Gasteiger partial charge is 0.290 e. The molecule has 7 nitrogen and oxygen atoms in total. The first kappa shape index (κ1) is 21.5. The number of fused-ring (bicyclic) bond motifs is 1. The first-order chi connectivity index (χ1) is 16.2. The highest BCUT2D eigenvalue weighted by molar-refractivity contribution is 5.99. The van der Waals surface area contributed by atoms with Gasteiger partial charge in [0.1, 0.15) is 17.9 Å². The van der Waals surface area contributed by atoms with Gasteiger partial charge in [-0.1, -0.05) is 36.4 Å². The third-order valence-electron chi connectivity index (χ3n) is 6.50. The summed E-state index contributed by atoms with van der Waals surface area (Å²) in [4.78, 5) is 31.8. The molecule has 0 bridgehead atoms. The molecule has 2 aliphatic heterocycles. The van der Waals surface area contributed by atoms with Crippen LogP contribution in [0.1, 0.15) is 29.0 Å². The summed E-state index contributed by atoms with van der Waals surface area (Å²) < 4.78 is 12.0. The lowest BCUT2D eigenvalue weighted by molar-refractivity contribution is -0.131. The minimum absolute atomic E-state index is 0.122. The largest absolute Gasteiger partial charge is 0.489 e. The molecule has 172 valence electrons. The number of benzene rings is 2. The van der Waals surface area contributed by atoms with Crippen molar-refractivity contribution in [1.82, 2.24) is 14.7 Å². The molecule has 2 aromatic carbocycles. The van der Waals surface area contributed by atoms with Gasteiger partial charge in [-0.2, -0.15) is 0 Å². The summed E-state index contributed by atoms with van der Waals surface area (Å²) in [6.45, 7) is 4.94. The lowest BCUT2D eigenvalue weighted by Crippen LogP contribution is -2.51. The maximum Gasteiger partial charge on any atom is 0.290 e. The SMILES string of the molecule is O=C(CN1CCN(C(=O)c2oc3ccccc3c2COc2ccccc2)CC1)N1CCCC1. The molecule has 3 aromatic rings. The maximum atomic E-state index is 13.4. The number of carbonyl (C=O) groups is 2. The van der Waals surface area contributed by atoms with Crippen LogP contribution in [-0.4, -0.2) is 72.3 Å². The minimum Gasteiger partial charge on any atom is -0.489 e. The van der Waals surface area contributed by atoms with Gasteiger partial charge in [-0.15, -0.1) is 0 Å². The average Bonchev–Trinajstić information content (AvgIpc) is 3.52. The molecule has 33 heavy (non-hydrogen) atoms. The van der Waals surface area contributed by atoms with Gasteiger partial charge in [0, 0.05) is 50.2 Å². The van der Waals surface area contributed by atoms with E-state index in [1.165, 1.54) is 0 Å². The van der Waals surface area contributed by atoms with E-state index < -0.39 is 0 Å². The summed E-state index contributed by atoms with van der Waals surface area (Å²) in [7, 11) is 0. The Bertz CT molecular complexity index is 1110. The molecule has 0 spiro atoms. The summed E-state index contributed by atoms with van der Waals surface area (Å²) in [5, 5.41) is 0.895. The zero-order valence-corrected chi connectivity index (χ0v) is 18.7. The van der Waals surface area contributed by atoms with E-state index in [0.29, 0.717) is 44.1 Å². The number of furan rings is 1. The lowest BCUT2D eigenvalue weighted by atomic mass is 10.1. The van der Waals surface area contributed by atoms with Crippen molar-refractivity contribution in [3.8, 4) is 5.75 Å². The zero-order chi connectivity index (χ0) is 22.6. The Morgan fingerprint density at radius 2 is 1.52 bits per heavy atom. The second-order valence-electron chi connectivity index (χ2n) is 8.66. The van der Waals surface area contributed by atoms with E-state index in [1.54, 1.807) is 0 Å². The van der Waals surface area contributed by atoms with Crippen molar-refractivity contribution < 1.29 is 18.7 Å². The number of piperazine rings is 1. The highest BCUT2D eigenvalue weighted by Crippen LogP contribution is 2.28. The van der Waals surface area contributed by atoms with Gasteiger partial charge in [0.25, 0.3) is 5.91 Å². The van der Waals surface area contributed by atoms with Crippen LogP contribution in [0.5, 0.6) is 5.75 Å². The quantitative estimate of drug-likeness (QED) is 0.580. The molecule has 1 aromatic heterocycles. The van der Waals surface area contributed by atoms with Crippen molar-refractivity contribution >= 4 is 22.8 Å². The number of hydrogen-bond donors (Lipinski definition) is 0. The van der Waals surface area contributed by atoms with Gasteiger partial charge in [0.05, 0.1) is 6.54 Å². The Morgan fingerprint density at radius 1 is 0.818 bits per heavy atom. The topological polar surface area (TPSA) is 66.2 Å². The van der Waals surface area contributed by atoms with E-state index >= 15 is 0 Å². The van der Waals surface area contributed by atoms with E-state index in [9.17, 15) is 9.59 Å². The van der Waals surface area contributed by atoms with Crippen molar-refractivity contribution in [1.29, 1.82) is 0 Å². The summed E-state index contributed by atoms with van der Waals surface area (Å²) in [6.07, 6.45) is 2.20. The molecule has 2 saturated heterocycles. The molecular weight excluding hydrogens is 418 g/mol. The van der Waals surface area contributed by atoms with Crippen LogP contribution in [0.15, 0.2) is 59.0 Å². The molecule has 0 atom stereocenters. The van der Waals surface area contributed by atoms with Gasteiger partial charge in [-0.25, -0.2) is 0 Å². The first-order valence-corrected chi connectivity index (χ1v) is 11.7. The highest BCUT2D eigenvalue weighted by Gasteiger charge is 2.29. The number of amides is 2. The molecule has 7 heteroatoms. The van der Waals surface area contributed by atoms with Crippen molar-refractivity contribution in [3.63, 3.8) is 0 Å². The minimum atomic E-state index is -0.122. The molecule has 0 aliphatic carbocycles. The monoisotopic (exact) mass is 447 g/mol. The van der Waals surface area contributed by atoms with E-state index in [0.717, 1.165) is 42.6 Å². The number of hydrogen-bond acceptors (Lipinski definition) is 5. The molecule has 0 N–H and O–H groups in total. The number of likely N-dealkylation sites (tertiary alicyclic amines) is 1. The standard InChI is InChI=1S/C26H29N3O4/c30-24(28-12-6-7-13-28)18-27-14-16-29(17-15-27)26(31)25-22(19-32-20-8-2-1-3-9-20)21-10-4-5-11-23(21)33-25/h1-5,8-11H,6-7,12-19H2. The van der Waals surface area contributed by atoms with Crippen LogP contribution in [0.25, 0.3) is 11.0 Å². The molecule has 3 heterocycles. The second kappa shape index (κ2) is 9.67. The molecule has 0 radical (unpaired) electrons. The Morgan fingerprint density at radius 3 is 2.27 bits per heavy atom. The number of nitrogens with zero attached hydrogens (tertiary/aromatic N) is 3. The number of carbonyl (C=O) groups excluding carboxylic acids is 2. The second-order valence-corrected chi connectivity index (χ2v) is 8.66. The fourth-order valence-electron chi connectivity index (χ4n) is 4.60. The van der Waals surface area contributed by atoms with E-state index in [1.807, 2.05) is 64.4 Å². The molecule has 2 amide bonds. The molecule has 2 aliphatic rings. The summed E-state index contributed by atoms with van der Waals surface area (Å²) in [5.74, 6) is 1.17. The molecular formula is C26H29N3O4. The van der Waals surface area contributed by atoms with Gasteiger partial charge in [-0.3, -0.25) is 14.5 Å². The van der Waals surface area contributed by atoms with Crippen molar-refractivity contribution in [2.45, 2.75) is 19.4 Å². The maximum absolute atomic E-state index is 13.4. The predicted molar refractivity (Wildman–Crippen MR) is 125 cm³/mol. The van der Waals surface area contributed by atoms with E-state index in [2.05, 4.69) is 4.90 Å². The Balaban J connectivity index is 1.27. The van der Waals surface area contributed by atoms with Gasteiger partial charge in [0.2, 0.25) is 5.91 Å². The normalized spacial score (nSPS) is 17.0. The van der Waals surface area contributed by atoms with Crippen LogP contribution in [0.3, 0.4) is 0 Å². The van der Waals surface area contributed by atoms with Gasteiger partial charge in [0.15, 0.2) is 5.76 Å². The molecule has 0 saturated carbocycles. The Kier molecular flexibility index (Phi) is 6.30. The van der Waals surface area contributed by atoms with Crippen LogP contribution in [0, 0.1) is 0 Å². The fourth-order valence-corrected chi connectivity index (χ4v) is 4.60. The Labute approximate surface area is 193 Å². The van der Waals surface area contributed by atoms with Crippen LogP contribution < -0.4 is 4.74 Å². The summed E-state index contributed by atoms with van der Waals surface area (Å²) in [5.41, 5.74) is 1.45. The van der Waals surface area contributed by atoms with Crippen LogP contribution >= 0.6 is 0 Å². The zero-order valence-electron chi connectivity index (χ0n) is 18.7. The van der Waals surface area contributed by atoms with Crippen molar-refractivity contribution in [2.24, 2.45) is 0 Å². The number of rotatable bonds is 6. The molecule has 0 unspecified atom stereocenters. The summed E-state index contributed by atoms with van der Waals surface area (Å²) >= 11 is 0. The molecule has 2 fully saturated rings. The lowest BCUT2D eigenvalue weighted by Gasteiger charge is -2.34. The average molecular weight is 448 g/mol. The first-order valence-electron chi connectivity index (χ1n) is 11.7. The van der Waals surface area contributed by atoms with E-state index in [-0.39, 0.29) is 18.4 Å². The van der Waals surface area contributed by atoms with Crippen molar-refractivity contribution in [2.75, 3.05) is 45.8 Å². The van der Waals surface area contributed by atoms with E-state index in [4.69, 9.17) is 9.15 Å². The fraction of sp³-hybridized carbons (Fsp3) is 0.385. The number of ether oxygens (including phenoxy) is 1. The highest BCUT2D eigenvalue weighted by atomic mass is 16.5. The van der Waals surface area contributed by atoms with Gasteiger partial charge < -0.3 is 19.0 Å². The molecule has 5 rings (SSSR count). The number of para-hydroxylation sites is 2. The van der Waals surface area contributed by atoms with Crippen LogP contribution in [-0.2, 0) is 11.4 Å². The van der Waals surface area contributed by atoms with Crippen molar-refractivity contribution in [3.05, 3.63) is 65.9 Å². The van der Waals surface area contributed by atoms with Gasteiger partial charge >= 0.3 is 0 Å². The third kappa shape index (κ3) is 4.73. The summed E-state index contributed by atoms with van der Waals surface area (Å²) in [6, 6.07) is 17.2. The Hall–Kier alpha value is -3.32. The van der Waals surface area contributed by atoms with Crippen LogP contribution in [0.4, 0.5) is 0 Å². The van der Waals surface area contributed by atoms with Gasteiger partial charge in [-0.05, 0) is 31.0 Å². The third-order valence-corrected chi connectivity index (χ3v) is 6.50. The van der Waals surface area contributed by atoms with Crippen LogP contribution in [0.2, 0.25) is 0 Å². The predicted octanol–water partition coefficient (Wildman–Crippen LogP) is 3.39.